The SMILES string of the molecule is Cc1ccc([C@@H](CNC(=O)[C@H](C)NC(=O)C2CCCC2)N(C)C)cc1. The fraction of sp³-hybridized carbons (Fsp3) is 0.600. The molecular weight excluding hydrogens is 314 g/mol. The van der Waals surface area contributed by atoms with E-state index < -0.39 is 6.04 Å². The number of carbonyl (C=O) groups is 2. The first-order valence-electron chi connectivity index (χ1n) is 9.19. The zero-order valence-electron chi connectivity index (χ0n) is 15.8. The van der Waals surface area contributed by atoms with E-state index >= 15 is 0 Å². The van der Waals surface area contributed by atoms with Crippen LogP contribution in [0, 0.1) is 12.8 Å². The van der Waals surface area contributed by atoms with E-state index in [1.165, 1.54) is 11.1 Å². The smallest absolute Gasteiger partial charge is 0.242 e. The van der Waals surface area contributed by atoms with Gasteiger partial charge in [0, 0.05) is 12.5 Å². The van der Waals surface area contributed by atoms with Crippen molar-refractivity contribution < 1.29 is 9.59 Å². The predicted molar refractivity (Wildman–Crippen MR) is 100 cm³/mol. The number of hydrogen-bond donors (Lipinski definition) is 2. The zero-order chi connectivity index (χ0) is 18.4. The second-order valence-electron chi connectivity index (χ2n) is 7.35. The van der Waals surface area contributed by atoms with Crippen molar-refractivity contribution in [3.05, 3.63) is 35.4 Å². The molecule has 0 spiro atoms. The minimum atomic E-state index is -0.506. The topological polar surface area (TPSA) is 61.4 Å². The summed E-state index contributed by atoms with van der Waals surface area (Å²) >= 11 is 0. The molecular formula is C20H31N3O2. The second kappa shape index (κ2) is 8.99. The molecule has 1 aliphatic rings. The molecule has 2 amide bonds. The third kappa shape index (κ3) is 5.56. The highest BCUT2D eigenvalue weighted by Gasteiger charge is 2.26. The largest absolute Gasteiger partial charge is 0.352 e. The fourth-order valence-corrected chi connectivity index (χ4v) is 3.32. The Bertz CT molecular complexity index is 577. The molecule has 5 heteroatoms. The van der Waals surface area contributed by atoms with E-state index in [0.29, 0.717) is 6.54 Å². The average Bonchev–Trinajstić information content (AvgIpc) is 3.10. The van der Waals surface area contributed by atoms with Crippen molar-refractivity contribution in [2.75, 3.05) is 20.6 Å². The molecule has 0 heterocycles. The fourth-order valence-electron chi connectivity index (χ4n) is 3.32. The molecule has 0 unspecified atom stereocenters. The van der Waals surface area contributed by atoms with Crippen LogP contribution in [0.5, 0.6) is 0 Å². The van der Waals surface area contributed by atoms with Crippen LogP contribution >= 0.6 is 0 Å². The number of likely N-dealkylation sites (N-methyl/N-ethyl adjacent to an activating group) is 1. The van der Waals surface area contributed by atoms with Gasteiger partial charge in [0.05, 0.1) is 6.04 Å². The van der Waals surface area contributed by atoms with Gasteiger partial charge in [-0.3, -0.25) is 9.59 Å². The summed E-state index contributed by atoms with van der Waals surface area (Å²) in [6, 6.07) is 7.95. The van der Waals surface area contributed by atoms with Crippen molar-refractivity contribution in [3.63, 3.8) is 0 Å². The molecule has 0 aliphatic heterocycles. The van der Waals surface area contributed by atoms with Crippen molar-refractivity contribution in [1.29, 1.82) is 0 Å². The normalized spacial score (nSPS) is 17.3. The molecule has 1 aromatic carbocycles. The number of hydrogen-bond acceptors (Lipinski definition) is 3. The molecule has 1 saturated carbocycles. The van der Waals surface area contributed by atoms with E-state index in [4.69, 9.17) is 0 Å². The van der Waals surface area contributed by atoms with Crippen LogP contribution in [0.4, 0.5) is 0 Å². The molecule has 25 heavy (non-hydrogen) atoms. The third-order valence-corrected chi connectivity index (χ3v) is 5.03. The lowest BCUT2D eigenvalue weighted by molar-refractivity contribution is -0.130. The monoisotopic (exact) mass is 345 g/mol. The van der Waals surface area contributed by atoms with E-state index in [1.807, 2.05) is 14.1 Å². The Morgan fingerprint density at radius 2 is 1.76 bits per heavy atom. The maximum absolute atomic E-state index is 12.4. The third-order valence-electron chi connectivity index (χ3n) is 5.03. The number of nitrogens with one attached hydrogen (secondary N) is 2. The Morgan fingerprint density at radius 3 is 2.32 bits per heavy atom. The van der Waals surface area contributed by atoms with Crippen LogP contribution in [0.1, 0.15) is 49.8 Å². The van der Waals surface area contributed by atoms with Crippen molar-refractivity contribution in [1.82, 2.24) is 15.5 Å². The highest BCUT2D eigenvalue weighted by Crippen LogP contribution is 2.24. The molecule has 5 nitrogen and oxygen atoms in total. The van der Waals surface area contributed by atoms with Crippen molar-refractivity contribution in [3.8, 4) is 0 Å². The molecule has 0 bridgehead atoms. The van der Waals surface area contributed by atoms with Gasteiger partial charge in [-0.15, -0.1) is 0 Å². The van der Waals surface area contributed by atoms with Crippen LogP contribution in [0.15, 0.2) is 24.3 Å². The van der Waals surface area contributed by atoms with Crippen LogP contribution in [0.2, 0.25) is 0 Å². The molecule has 1 aromatic rings. The number of amides is 2. The lowest BCUT2D eigenvalue weighted by Crippen LogP contribution is -2.48. The Balaban J connectivity index is 1.87. The standard InChI is InChI=1S/C20H31N3O2/c1-14-9-11-16(12-10-14)18(23(3)4)13-21-19(24)15(2)22-20(25)17-7-5-6-8-17/h9-12,15,17-18H,5-8,13H2,1-4H3,(H,21,24)(H,22,25)/t15-,18+/m0/s1. The van der Waals surface area contributed by atoms with Gasteiger partial charge in [0.25, 0.3) is 0 Å². The summed E-state index contributed by atoms with van der Waals surface area (Å²) in [5.41, 5.74) is 2.38. The summed E-state index contributed by atoms with van der Waals surface area (Å²) in [7, 11) is 4.00. The lowest BCUT2D eigenvalue weighted by atomic mass is 10.0. The maximum Gasteiger partial charge on any atom is 0.242 e. The van der Waals surface area contributed by atoms with Crippen LogP contribution in [-0.2, 0) is 9.59 Å². The number of benzene rings is 1. The lowest BCUT2D eigenvalue weighted by Gasteiger charge is -2.26. The highest BCUT2D eigenvalue weighted by atomic mass is 16.2. The molecule has 1 fully saturated rings. The molecule has 2 rings (SSSR count). The Kier molecular flexibility index (Phi) is 7.00. The van der Waals surface area contributed by atoms with Gasteiger partial charge in [-0.1, -0.05) is 42.7 Å². The number of nitrogens with zero attached hydrogens (tertiary/aromatic N) is 1. The van der Waals surface area contributed by atoms with Gasteiger partial charge < -0.3 is 15.5 Å². The first-order valence-corrected chi connectivity index (χ1v) is 9.19. The average molecular weight is 345 g/mol. The predicted octanol–water partition coefficient (Wildman–Crippen LogP) is 2.41. The number of aryl methyl sites for hydroxylation is 1. The maximum atomic E-state index is 12.4. The number of rotatable bonds is 7. The van der Waals surface area contributed by atoms with Crippen LogP contribution in [-0.4, -0.2) is 43.4 Å². The van der Waals surface area contributed by atoms with Crippen LogP contribution in [0.3, 0.4) is 0 Å². The van der Waals surface area contributed by atoms with Crippen LogP contribution < -0.4 is 10.6 Å². The molecule has 138 valence electrons. The zero-order valence-corrected chi connectivity index (χ0v) is 15.8. The minimum absolute atomic E-state index is 0.0165. The van der Waals surface area contributed by atoms with Gasteiger partial charge in [0.1, 0.15) is 6.04 Å². The second-order valence-corrected chi connectivity index (χ2v) is 7.35. The van der Waals surface area contributed by atoms with E-state index in [-0.39, 0.29) is 23.8 Å². The molecule has 0 radical (unpaired) electrons. The summed E-state index contributed by atoms with van der Waals surface area (Å²) in [4.78, 5) is 26.6. The molecule has 2 N–H and O–H groups in total. The van der Waals surface area contributed by atoms with Crippen LogP contribution in [0.25, 0.3) is 0 Å². The van der Waals surface area contributed by atoms with Gasteiger partial charge in [0.15, 0.2) is 0 Å². The Labute approximate surface area is 151 Å². The summed E-state index contributed by atoms with van der Waals surface area (Å²) < 4.78 is 0. The summed E-state index contributed by atoms with van der Waals surface area (Å²) in [6.07, 6.45) is 4.10. The summed E-state index contributed by atoms with van der Waals surface area (Å²) in [5.74, 6) is -0.0366. The molecule has 0 aromatic heterocycles. The summed E-state index contributed by atoms with van der Waals surface area (Å²) in [6.45, 7) is 4.32. The van der Waals surface area contributed by atoms with Gasteiger partial charge in [-0.2, -0.15) is 0 Å². The minimum Gasteiger partial charge on any atom is -0.352 e. The van der Waals surface area contributed by atoms with E-state index in [0.717, 1.165) is 25.7 Å². The molecule has 0 saturated heterocycles. The number of carbonyl (C=O) groups excluding carboxylic acids is 2. The Hall–Kier alpha value is -1.88. The van der Waals surface area contributed by atoms with Crippen molar-refractivity contribution in [2.24, 2.45) is 5.92 Å². The van der Waals surface area contributed by atoms with E-state index in [1.54, 1.807) is 6.92 Å². The summed E-state index contributed by atoms with van der Waals surface area (Å²) in [5, 5.41) is 5.83. The van der Waals surface area contributed by atoms with Gasteiger partial charge in [-0.25, -0.2) is 0 Å². The molecule has 2 atom stereocenters. The highest BCUT2D eigenvalue weighted by molar-refractivity contribution is 5.88. The van der Waals surface area contributed by atoms with Crippen molar-refractivity contribution >= 4 is 11.8 Å². The first-order chi connectivity index (χ1) is 11.9. The van der Waals surface area contributed by atoms with E-state index in [9.17, 15) is 9.59 Å². The van der Waals surface area contributed by atoms with Gasteiger partial charge in [0.2, 0.25) is 11.8 Å². The first kappa shape index (κ1) is 19.4. The quantitative estimate of drug-likeness (QED) is 0.798. The van der Waals surface area contributed by atoms with Crippen molar-refractivity contribution in [2.45, 2.75) is 51.6 Å². The Morgan fingerprint density at radius 1 is 1.16 bits per heavy atom. The van der Waals surface area contributed by atoms with Gasteiger partial charge >= 0.3 is 0 Å². The van der Waals surface area contributed by atoms with Gasteiger partial charge in [-0.05, 0) is 46.3 Å². The molecule has 1 aliphatic carbocycles. The van der Waals surface area contributed by atoms with E-state index in [2.05, 4.69) is 46.7 Å².